The van der Waals surface area contributed by atoms with Crippen LogP contribution >= 0.6 is 0 Å². The average molecular weight is 333 g/mol. The second kappa shape index (κ2) is 8.70. The first-order valence-electron chi connectivity index (χ1n) is 9.21. The maximum Gasteiger partial charge on any atom is 0.161 e. The number of likely N-dealkylation sites (tertiary alicyclic amines) is 1. The van der Waals surface area contributed by atoms with Gasteiger partial charge in [0, 0.05) is 38.8 Å². The van der Waals surface area contributed by atoms with E-state index in [0.29, 0.717) is 6.04 Å². The predicted molar refractivity (Wildman–Crippen MR) is 97.0 cm³/mol. The molecular weight excluding hydrogens is 302 g/mol. The molecular formula is C19H31N3O2. The molecule has 5 heteroatoms. The van der Waals surface area contributed by atoms with Crippen LogP contribution in [-0.2, 0) is 0 Å². The molecule has 1 atom stereocenters. The van der Waals surface area contributed by atoms with Crippen LogP contribution in [0.15, 0.2) is 18.2 Å². The molecule has 0 bridgehead atoms. The molecule has 0 amide bonds. The number of piperidine rings is 1. The normalized spacial score (nSPS) is 21.4. The fourth-order valence-corrected chi connectivity index (χ4v) is 3.87. The SMILES string of the molecule is COc1ccc(C(CN2CCCCC2)N2CCNCC2)cc1OC. The van der Waals surface area contributed by atoms with Crippen molar-refractivity contribution >= 4 is 0 Å². The quantitative estimate of drug-likeness (QED) is 0.863. The van der Waals surface area contributed by atoms with Crippen LogP contribution in [0.3, 0.4) is 0 Å². The molecule has 24 heavy (non-hydrogen) atoms. The molecule has 3 rings (SSSR count). The summed E-state index contributed by atoms with van der Waals surface area (Å²) in [6.45, 7) is 7.93. The van der Waals surface area contributed by atoms with Crippen molar-refractivity contribution in [2.24, 2.45) is 0 Å². The highest BCUT2D eigenvalue weighted by Crippen LogP contribution is 2.32. The molecule has 2 fully saturated rings. The van der Waals surface area contributed by atoms with Crippen LogP contribution in [0.5, 0.6) is 11.5 Å². The Morgan fingerprint density at radius 2 is 1.67 bits per heavy atom. The minimum atomic E-state index is 0.421. The van der Waals surface area contributed by atoms with Gasteiger partial charge in [0.15, 0.2) is 11.5 Å². The summed E-state index contributed by atoms with van der Waals surface area (Å²) in [5.74, 6) is 1.63. The first kappa shape index (κ1) is 17.5. The summed E-state index contributed by atoms with van der Waals surface area (Å²) >= 11 is 0. The Kier molecular flexibility index (Phi) is 6.35. The maximum atomic E-state index is 5.53. The number of hydrogen-bond donors (Lipinski definition) is 1. The van der Waals surface area contributed by atoms with E-state index in [1.165, 1.54) is 37.9 Å². The topological polar surface area (TPSA) is 37.0 Å². The Labute approximate surface area is 145 Å². The lowest BCUT2D eigenvalue weighted by Crippen LogP contribution is -2.48. The molecule has 2 heterocycles. The summed E-state index contributed by atoms with van der Waals surface area (Å²) in [6, 6.07) is 6.83. The van der Waals surface area contributed by atoms with Crippen molar-refractivity contribution in [3.8, 4) is 11.5 Å². The van der Waals surface area contributed by atoms with Crippen molar-refractivity contribution in [1.29, 1.82) is 0 Å². The van der Waals surface area contributed by atoms with Gasteiger partial charge in [-0.2, -0.15) is 0 Å². The van der Waals surface area contributed by atoms with E-state index in [-0.39, 0.29) is 0 Å². The Morgan fingerprint density at radius 3 is 2.33 bits per heavy atom. The van der Waals surface area contributed by atoms with Gasteiger partial charge in [-0.25, -0.2) is 0 Å². The molecule has 2 saturated heterocycles. The van der Waals surface area contributed by atoms with Gasteiger partial charge in [-0.3, -0.25) is 4.90 Å². The van der Waals surface area contributed by atoms with E-state index in [4.69, 9.17) is 9.47 Å². The molecule has 0 saturated carbocycles. The van der Waals surface area contributed by atoms with Crippen LogP contribution in [0, 0.1) is 0 Å². The number of hydrogen-bond acceptors (Lipinski definition) is 5. The molecule has 0 spiro atoms. The van der Waals surface area contributed by atoms with Crippen LogP contribution in [0.4, 0.5) is 0 Å². The summed E-state index contributed by atoms with van der Waals surface area (Å²) in [7, 11) is 3.41. The van der Waals surface area contributed by atoms with Crippen molar-refractivity contribution in [1.82, 2.24) is 15.1 Å². The van der Waals surface area contributed by atoms with Gasteiger partial charge in [-0.1, -0.05) is 12.5 Å². The number of nitrogens with zero attached hydrogens (tertiary/aromatic N) is 2. The summed E-state index contributed by atoms with van der Waals surface area (Å²) in [5.41, 5.74) is 1.33. The summed E-state index contributed by atoms with van der Waals surface area (Å²) in [5, 5.41) is 3.47. The van der Waals surface area contributed by atoms with Crippen molar-refractivity contribution in [3.05, 3.63) is 23.8 Å². The first-order valence-corrected chi connectivity index (χ1v) is 9.21. The average Bonchev–Trinajstić information content (AvgIpc) is 2.67. The molecule has 134 valence electrons. The number of benzene rings is 1. The summed E-state index contributed by atoms with van der Waals surface area (Å²) < 4.78 is 10.9. The number of rotatable bonds is 6. The second-order valence-corrected chi connectivity index (χ2v) is 6.78. The lowest BCUT2D eigenvalue weighted by Gasteiger charge is -2.39. The van der Waals surface area contributed by atoms with Crippen LogP contribution in [0.25, 0.3) is 0 Å². The zero-order valence-corrected chi connectivity index (χ0v) is 15.1. The summed E-state index contributed by atoms with van der Waals surface area (Å²) in [4.78, 5) is 5.25. The molecule has 0 radical (unpaired) electrons. The Balaban J connectivity index is 1.82. The molecule has 0 aliphatic carbocycles. The lowest BCUT2D eigenvalue weighted by atomic mass is 10.0. The molecule has 5 nitrogen and oxygen atoms in total. The molecule has 0 aromatic heterocycles. The standard InChI is InChI=1S/C19H31N3O2/c1-23-18-7-6-16(14-19(18)24-2)17(22-12-8-20-9-13-22)15-21-10-4-3-5-11-21/h6-7,14,17,20H,3-5,8-13,15H2,1-2H3. The number of piperazine rings is 1. The molecule has 1 N–H and O–H groups in total. The van der Waals surface area contributed by atoms with Gasteiger partial charge in [-0.15, -0.1) is 0 Å². The molecule has 2 aliphatic heterocycles. The van der Waals surface area contributed by atoms with E-state index in [1.807, 2.05) is 6.07 Å². The minimum absolute atomic E-state index is 0.421. The van der Waals surface area contributed by atoms with Crippen molar-refractivity contribution < 1.29 is 9.47 Å². The van der Waals surface area contributed by atoms with Gasteiger partial charge in [0.25, 0.3) is 0 Å². The third-order valence-electron chi connectivity index (χ3n) is 5.26. The van der Waals surface area contributed by atoms with Crippen LogP contribution in [0.2, 0.25) is 0 Å². The minimum Gasteiger partial charge on any atom is -0.493 e. The summed E-state index contributed by atoms with van der Waals surface area (Å²) in [6.07, 6.45) is 4.05. The van der Waals surface area contributed by atoms with Gasteiger partial charge in [-0.05, 0) is 43.6 Å². The smallest absolute Gasteiger partial charge is 0.161 e. The largest absolute Gasteiger partial charge is 0.493 e. The van der Waals surface area contributed by atoms with E-state index in [2.05, 4.69) is 27.2 Å². The molecule has 1 unspecified atom stereocenters. The van der Waals surface area contributed by atoms with Crippen LogP contribution < -0.4 is 14.8 Å². The Bertz CT molecular complexity index is 511. The number of nitrogens with one attached hydrogen (secondary N) is 1. The van der Waals surface area contributed by atoms with Crippen molar-refractivity contribution in [2.75, 3.05) is 60.0 Å². The van der Waals surface area contributed by atoms with E-state index in [9.17, 15) is 0 Å². The first-order chi connectivity index (χ1) is 11.8. The van der Waals surface area contributed by atoms with E-state index < -0.39 is 0 Å². The maximum absolute atomic E-state index is 5.53. The third kappa shape index (κ3) is 4.21. The van der Waals surface area contributed by atoms with Crippen molar-refractivity contribution in [2.45, 2.75) is 25.3 Å². The molecule has 2 aliphatic rings. The molecule has 1 aromatic carbocycles. The van der Waals surface area contributed by atoms with Crippen molar-refractivity contribution in [3.63, 3.8) is 0 Å². The number of ether oxygens (including phenoxy) is 2. The highest BCUT2D eigenvalue weighted by molar-refractivity contribution is 5.44. The zero-order valence-electron chi connectivity index (χ0n) is 15.1. The fraction of sp³-hybridized carbons (Fsp3) is 0.684. The van der Waals surface area contributed by atoms with E-state index >= 15 is 0 Å². The Morgan fingerprint density at radius 1 is 0.958 bits per heavy atom. The van der Waals surface area contributed by atoms with Gasteiger partial charge in [0.1, 0.15) is 0 Å². The van der Waals surface area contributed by atoms with Gasteiger partial charge in [0.05, 0.1) is 14.2 Å². The van der Waals surface area contributed by atoms with Crippen LogP contribution in [0.1, 0.15) is 30.9 Å². The third-order valence-corrected chi connectivity index (χ3v) is 5.26. The van der Waals surface area contributed by atoms with E-state index in [1.54, 1.807) is 14.2 Å². The number of methoxy groups -OCH3 is 2. The lowest BCUT2D eigenvalue weighted by molar-refractivity contribution is 0.113. The highest BCUT2D eigenvalue weighted by atomic mass is 16.5. The molecule has 1 aromatic rings. The van der Waals surface area contributed by atoms with Gasteiger partial charge < -0.3 is 19.7 Å². The zero-order chi connectivity index (χ0) is 16.8. The van der Waals surface area contributed by atoms with E-state index in [0.717, 1.165) is 44.2 Å². The monoisotopic (exact) mass is 333 g/mol. The van der Waals surface area contributed by atoms with Crippen LogP contribution in [-0.4, -0.2) is 69.8 Å². The Hall–Kier alpha value is -1.30. The highest BCUT2D eigenvalue weighted by Gasteiger charge is 2.26. The van der Waals surface area contributed by atoms with Gasteiger partial charge >= 0.3 is 0 Å². The second-order valence-electron chi connectivity index (χ2n) is 6.78. The van der Waals surface area contributed by atoms with Gasteiger partial charge in [0.2, 0.25) is 0 Å². The fourth-order valence-electron chi connectivity index (χ4n) is 3.87. The predicted octanol–water partition coefficient (Wildman–Crippen LogP) is 2.14.